The van der Waals surface area contributed by atoms with Crippen molar-refractivity contribution >= 4 is 49.3 Å². The molecule has 1 heterocycles. The Balaban J connectivity index is 2.14. The number of hydrogen-bond donors (Lipinski definition) is 1. The molecule has 0 saturated carbocycles. The van der Waals surface area contributed by atoms with Crippen molar-refractivity contribution < 1.29 is 18.3 Å². The maximum atomic E-state index is 13.5. The van der Waals surface area contributed by atoms with Crippen LogP contribution in [-0.2, 0) is 16.6 Å². The Morgan fingerprint density at radius 1 is 1.17 bits per heavy atom. The number of hydrogen-bond acceptors (Lipinski definition) is 4. The van der Waals surface area contributed by atoms with Crippen molar-refractivity contribution in [1.29, 1.82) is 0 Å². The van der Waals surface area contributed by atoms with Crippen molar-refractivity contribution in [1.82, 2.24) is 4.98 Å². The molecule has 0 bridgehead atoms. The van der Waals surface area contributed by atoms with E-state index in [0.717, 1.165) is 9.87 Å². The van der Waals surface area contributed by atoms with Gasteiger partial charge in [0.25, 0.3) is 10.0 Å². The van der Waals surface area contributed by atoms with Gasteiger partial charge < -0.3 is 5.11 Å². The summed E-state index contributed by atoms with van der Waals surface area (Å²) < 4.78 is 28.7. The third-order valence-electron chi connectivity index (χ3n) is 4.21. The highest BCUT2D eigenvalue weighted by molar-refractivity contribution is 9.10. The summed E-state index contributed by atoms with van der Waals surface area (Å²) in [6, 6.07) is 14.5. The number of sulfonamides is 1. The van der Waals surface area contributed by atoms with Crippen molar-refractivity contribution in [3.05, 3.63) is 87.0 Å². The zero-order valence-corrected chi connectivity index (χ0v) is 18.4. The fourth-order valence-corrected chi connectivity index (χ4v) is 5.07. The molecule has 3 rings (SSSR count). The lowest BCUT2D eigenvalue weighted by molar-refractivity contribution is 0.0696. The molecule has 0 saturated heterocycles. The molecule has 0 amide bonds. The van der Waals surface area contributed by atoms with Gasteiger partial charge in [0.05, 0.1) is 22.0 Å². The second-order valence-electron chi connectivity index (χ2n) is 6.24. The van der Waals surface area contributed by atoms with Gasteiger partial charge in [0.15, 0.2) is 5.82 Å². The number of aryl methyl sites for hydroxylation is 1. The summed E-state index contributed by atoms with van der Waals surface area (Å²) in [5.74, 6) is -1.04. The first-order valence-corrected chi connectivity index (χ1v) is 11.0. The molecule has 1 N–H and O–H groups in total. The summed E-state index contributed by atoms with van der Waals surface area (Å²) in [6.07, 6.45) is 1.47. The fourth-order valence-electron chi connectivity index (χ4n) is 2.78. The number of anilines is 1. The highest BCUT2D eigenvalue weighted by Crippen LogP contribution is 2.32. The zero-order valence-electron chi connectivity index (χ0n) is 15.2. The first-order valence-electron chi connectivity index (χ1n) is 8.42. The summed E-state index contributed by atoms with van der Waals surface area (Å²) in [5.41, 5.74) is 1.13. The zero-order chi connectivity index (χ0) is 21.2. The molecule has 0 radical (unpaired) electrons. The maximum absolute atomic E-state index is 13.5. The van der Waals surface area contributed by atoms with E-state index in [4.69, 9.17) is 11.6 Å². The Morgan fingerprint density at radius 2 is 1.86 bits per heavy atom. The van der Waals surface area contributed by atoms with Gasteiger partial charge in [-0.05, 0) is 58.2 Å². The van der Waals surface area contributed by atoms with Gasteiger partial charge in [0.2, 0.25) is 0 Å². The normalized spacial score (nSPS) is 11.3. The van der Waals surface area contributed by atoms with Crippen molar-refractivity contribution in [2.45, 2.75) is 18.4 Å². The minimum Gasteiger partial charge on any atom is -0.478 e. The fraction of sp³-hybridized carbons (Fsp3) is 0.100. The third kappa shape index (κ3) is 4.60. The Morgan fingerprint density at radius 3 is 2.45 bits per heavy atom. The SMILES string of the molecule is Cc1cc(S(=O)(=O)N(Cc2ccccc2)c2ncc(Br)cc2Cl)ccc1C(=O)O. The lowest BCUT2D eigenvalue weighted by Gasteiger charge is -2.25. The number of carboxylic acid groups (broad SMARTS) is 1. The summed E-state index contributed by atoms with van der Waals surface area (Å²) in [6.45, 7) is 1.56. The first-order chi connectivity index (χ1) is 13.7. The lowest BCUT2D eigenvalue weighted by atomic mass is 10.1. The molecule has 1 aromatic heterocycles. The third-order valence-corrected chi connectivity index (χ3v) is 6.65. The number of pyridine rings is 1. The molecule has 29 heavy (non-hydrogen) atoms. The molecule has 9 heteroatoms. The van der Waals surface area contributed by atoms with Crippen LogP contribution in [0, 0.1) is 6.92 Å². The van der Waals surface area contributed by atoms with Crippen LogP contribution in [0.25, 0.3) is 0 Å². The molecule has 0 atom stereocenters. The standard InChI is InChI=1S/C20H16BrClN2O4S/c1-13-9-16(7-8-17(13)20(25)26)29(27,28)24(12-14-5-3-2-4-6-14)19-18(22)10-15(21)11-23-19/h2-11H,12H2,1H3,(H,25,26). The van der Waals surface area contributed by atoms with E-state index in [0.29, 0.717) is 10.0 Å². The van der Waals surface area contributed by atoms with Crippen molar-refractivity contribution in [2.75, 3.05) is 4.31 Å². The van der Waals surface area contributed by atoms with E-state index < -0.39 is 16.0 Å². The molecule has 3 aromatic rings. The van der Waals surface area contributed by atoms with E-state index >= 15 is 0 Å². The van der Waals surface area contributed by atoms with E-state index in [1.54, 1.807) is 25.1 Å². The van der Waals surface area contributed by atoms with Crippen LogP contribution in [0.5, 0.6) is 0 Å². The van der Waals surface area contributed by atoms with E-state index in [1.807, 2.05) is 18.2 Å². The summed E-state index contributed by atoms with van der Waals surface area (Å²) in [7, 11) is -4.07. The van der Waals surface area contributed by atoms with E-state index in [1.165, 1.54) is 24.4 Å². The van der Waals surface area contributed by atoms with Crippen molar-refractivity contribution in [2.24, 2.45) is 0 Å². The quantitative estimate of drug-likeness (QED) is 0.525. The van der Waals surface area contributed by atoms with Gasteiger partial charge in [-0.25, -0.2) is 22.5 Å². The molecular weight excluding hydrogens is 480 g/mol. The molecule has 150 valence electrons. The smallest absolute Gasteiger partial charge is 0.335 e. The summed E-state index contributed by atoms with van der Waals surface area (Å²) >= 11 is 9.57. The minimum atomic E-state index is -4.07. The van der Waals surface area contributed by atoms with Crippen molar-refractivity contribution in [3.8, 4) is 0 Å². The molecule has 0 aliphatic rings. The lowest BCUT2D eigenvalue weighted by Crippen LogP contribution is -2.31. The number of aromatic nitrogens is 1. The van der Waals surface area contributed by atoms with Crippen molar-refractivity contribution in [3.63, 3.8) is 0 Å². The molecule has 0 fully saturated rings. The average Bonchev–Trinajstić information content (AvgIpc) is 2.67. The van der Waals surface area contributed by atoms with Crippen LogP contribution in [-0.4, -0.2) is 24.5 Å². The molecule has 2 aromatic carbocycles. The van der Waals surface area contributed by atoms with Gasteiger partial charge in [-0.15, -0.1) is 0 Å². The first kappa shape index (κ1) is 21.3. The number of carbonyl (C=O) groups is 1. The molecule has 6 nitrogen and oxygen atoms in total. The van der Waals surface area contributed by atoms with Gasteiger partial charge in [-0.1, -0.05) is 41.9 Å². The number of nitrogens with zero attached hydrogens (tertiary/aromatic N) is 2. The van der Waals surface area contributed by atoms with Gasteiger partial charge in [0, 0.05) is 10.7 Å². The maximum Gasteiger partial charge on any atom is 0.335 e. The van der Waals surface area contributed by atoms with Gasteiger partial charge in [-0.3, -0.25) is 0 Å². The van der Waals surface area contributed by atoms with Crippen LogP contribution >= 0.6 is 27.5 Å². The van der Waals surface area contributed by atoms with Crippen LogP contribution < -0.4 is 4.31 Å². The topological polar surface area (TPSA) is 87.6 Å². The van der Waals surface area contributed by atoms with E-state index in [9.17, 15) is 18.3 Å². The highest BCUT2D eigenvalue weighted by Gasteiger charge is 2.29. The van der Waals surface area contributed by atoms with E-state index in [-0.39, 0.29) is 27.8 Å². The van der Waals surface area contributed by atoms with Crippen LogP contribution in [0.3, 0.4) is 0 Å². The Bertz CT molecular complexity index is 1170. The molecular formula is C20H16BrClN2O4S. The summed E-state index contributed by atoms with van der Waals surface area (Å²) in [4.78, 5) is 15.4. The van der Waals surface area contributed by atoms with Gasteiger partial charge in [-0.2, -0.15) is 0 Å². The second-order valence-corrected chi connectivity index (χ2v) is 9.42. The van der Waals surface area contributed by atoms with E-state index in [2.05, 4.69) is 20.9 Å². The Hall–Kier alpha value is -2.42. The molecule has 0 aliphatic heterocycles. The molecule has 0 unspecified atom stereocenters. The van der Waals surface area contributed by atoms with Gasteiger partial charge in [0.1, 0.15) is 0 Å². The van der Waals surface area contributed by atoms with Crippen LogP contribution in [0.15, 0.2) is 70.2 Å². The predicted molar refractivity (Wildman–Crippen MR) is 115 cm³/mol. The minimum absolute atomic E-state index is 0.0112. The highest BCUT2D eigenvalue weighted by atomic mass is 79.9. The number of rotatable bonds is 6. The average molecular weight is 496 g/mol. The summed E-state index contributed by atoms with van der Waals surface area (Å²) in [5, 5.41) is 9.38. The predicted octanol–water partition coefficient (Wildman–Crippen LogP) is 4.90. The number of halogens is 2. The van der Waals surface area contributed by atoms with Crippen LogP contribution in [0.4, 0.5) is 5.82 Å². The monoisotopic (exact) mass is 494 g/mol. The Labute approximate surface area is 182 Å². The number of benzene rings is 2. The van der Waals surface area contributed by atoms with Crippen LogP contribution in [0.1, 0.15) is 21.5 Å². The molecule has 0 aliphatic carbocycles. The van der Waals surface area contributed by atoms with Gasteiger partial charge >= 0.3 is 5.97 Å². The Kier molecular flexibility index (Phi) is 6.26. The largest absolute Gasteiger partial charge is 0.478 e. The molecule has 0 spiro atoms. The number of carboxylic acids is 1. The van der Waals surface area contributed by atoms with Crippen LogP contribution in [0.2, 0.25) is 5.02 Å². The second kappa shape index (κ2) is 8.52. The number of aromatic carboxylic acids is 1.